The van der Waals surface area contributed by atoms with Crippen LogP contribution in [0.5, 0.6) is 0 Å². The Hall–Kier alpha value is -0.380. The van der Waals surface area contributed by atoms with Crippen LogP contribution >= 0.6 is 11.6 Å². The first kappa shape index (κ1) is 16.0. The molecule has 1 fully saturated rings. The largest absolute Gasteiger partial charge is 0.313 e. The summed E-state index contributed by atoms with van der Waals surface area (Å²) in [5, 5.41) is 4.26. The minimum absolute atomic E-state index is 0.138. The van der Waals surface area contributed by atoms with Gasteiger partial charge in [0.25, 0.3) is 0 Å². The molecule has 0 spiro atoms. The molecule has 1 aliphatic carbocycles. The van der Waals surface area contributed by atoms with E-state index in [9.17, 15) is 4.21 Å². The van der Waals surface area contributed by atoms with Crippen LogP contribution in [-0.2, 0) is 10.8 Å². The molecule has 3 unspecified atom stereocenters. The zero-order valence-electron chi connectivity index (χ0n) is 12.5. The van der Waals surface area contributed by atoms with Crippen LogP contribution in [-0.4, -0.2) is 22.0 Å². The third-order valence-corrected chi connectivity index (χ3v) is 6.41. The summed E-state index contributed by atoms with van der Waals surface area (Å²) in [7, 11) is -1.05. The Morgan fingerprint density at radius 2 is 2.10 bits per heavy atom. The van der Waals surface area contributed by atoms with Crippen LogP contribution in [0.15, 0.2) is 29.2 Å². The average molecular weight is 314 g/mol. The van der Waals surface area contributed by atoms with Crippen molar-refractivity contribution >= 4 is 22.4 Å². The van der Waals surface area contributed by atoms with E-state index in [4.69, 9.17) is 11.6 Å². The fraction of sp³-hybridized carbons (Fsp3) is 0.625. The molecule has 0 bridgehead atoms. The Morgan fingerprint density at radius 1 is 1.40 bits per heavy atom. The summed E-state index contributed by atoms with van der Waals surface area (Å²) in [6.07, 6.45) is 3.24. The van der Waals surface area contributed by atoms with E-state index in [0.717, 1.165) is 24.3 Å². The average Bonchev–Trinajstić information content (AvgIpc) is 2.40. The van der Waals surface area contributed by atoms with Crippen molar-refractivity contribution in [3.8, 4) is 0 Å². The standard InChI is InChI=1S/C16H24ClNOS/c1-4-18-13-9-10-16(2,3)11-15(13)20(19)14-8-6-5-7-12(14)17/h5-8,13,15,18H,4,9-11H2,1-3H3. The number of rotatable bonds is 4. The highest BCUT2D eigenvalue weighted by Gasteiger charge is 2.38. The second-order valence-electron chi connectivity index (χ2n) is 6.34. The van der Waals surface area contributed by atoms with E-state index in [1.165, 1.54) is 6.42 Å². The summed E-state index contributed by atoms with van der Waals surface area (Å²) in [4.78, 5) is 0.778. The summed E-state index contributed by atoms with van der Waals surface area (Å²) >= 11 is 6.22. The highest BCUT2D eigenvalue weighted by atomic mass is 35.5. The molecule has 1 saturated carbocycles. The van der Waals surface area contributed by atoms with E-state index in [-0.39, 0.29) is 10.7 Å². The molecule has 0 saturated heterocycles. The molecule has 2 nitrogen and oxygen atoms in total. The van der Waals surface area contributed by atoms with Crippen LogP contribution < -0.4 is 5.32 Å². The van der Waals surface area contributed by atoms with Gasteiger partial charge in [0.15, 0.2) is 0 Å². The van der Waals surface area contributed by atoms with E-state index >= 15 is 0 Å². The number of halogens is 1. The summed E-state index contributed by atoms with van der Waals surface area (Å²) < 4.78 is 13.0. The fourth-order valence-electron chi connectivity index (χ4n) is 3.01. The van der Waals surface area contributed by atoms with Crippen LogP contribution in [0, 0.1) is 5.41 Å². The predicted molar refractivity (Wildman–Crippen MR) is 86.7 cm³/mol. The maximum absolute atomic E-state index is 13.0. The molecule has 112 valence electrons. The van der Waals surface area contributed by atoms with E-state index in [1.54, 1.807) is 0 Å². The van der Waals surface area contributed by atoms with Gasteiger partial charge in [0.05, 0.1) is 26.0 Å². The lowest BCUT2D eigenvalue weighted by Crippen LogP contribution is -2.48. The van der Waals surface area contributed by atoms with Crippen LogP contribution in [0.2, 0.25) is 5.02 Å². The van der Waals surface area contributed by atoms with Crippen LogP contribution in [0.3, 0.4) is 0 Å². The van der Waals surface area contributed by atoms with Gasteiger partial charge >= 0.3 is 0 Å². The predicted octanol–water partition coefficient (Wildman–Crippen LogP) is 4.00. The lowest BCUT2D eigenvalue weighted by atomic mass is 9.75. The van der Waals surface area contributed by atoms with Crippen LogP contribution in [0.4, 0.5) is 0 Å². The number of hydrogen-bond acceptors (Lipinski definition) is 2. The lowest BCUT2D eigenvalue weighted by Gasteiger charge is -2.40. The topological polar surface area (TPSA) is 29.1 Å². The van der Waals surface area contributed by atoms with Crippen molar-refractivity contribution in [1.82, 2.24) is 5.32 Å². The molecule has 0 aliphatic heterocycles. The van der Waals surface area contributed by atoms with Gasteiger partial charge in [-0.25, -0.2) is 0 Å². The Balaban J connectivity index is 2.26. The lowest BCUT2D eigenvalue weighted by molar-refractivity contribution is 0.213. The van der Waals surface area contributed by atoms with Crippen molar-refractivity contribution in [2.45, 2.75) is 56.2 Å². The molecule has 0 heterocycles. The highest BCUT2D eigenvalue weighted by molar-refractivity contribution is 7.85. The minimum Gasteiger partial charge on any atom is -0.313 e. The van der Waals surface area contributed by atoms with Gasteiger partial charge in [-0.1, -0.05) is 44.5 Å². The third-order valence-electron chi connectivity index (χ3n) is 4.13. The van der Waals surface area contributed by atoms with Crippen molar-refractivity contribution in [3.63, 3.8) is 0 Å². The van der Waals surface area contributed by atoms with Gasteiger partial charge < -0.3 is 5.32 Å². The summed E-state index contributed by atoms with van der Waals surface area (Å²) in [5.41, 5.74) is 0.257. The van der Waals surface area contributed by atoms with Gasteiger partial charge in [0.1, 0.15) is 0 Å². The van der Waals surface area contributed by atoms with Gasteiger partial charge in [-0.15, -0.1) is 0 Å². The van der Waals surface area contributed by atoms with Gasteiger partial charge in [-0.05, 0) is 43.4 Å². The maximum atomic E-state index is 13.0. The molecule has 4 heteroatoms. The second kappa shape index (κ2) is 6.59. The van der Waals surface area contributed by atoms with Crippen molar-refractivity contribution < 1.29 is 4.21 Å². The number of benzene rings is 1. The smallest absolute Gasteiger partial charge is 0.0592 e. The third kappa shape index (κ3) is 3.63. The van der Waals surface area contributed by atoms with Gasteiger partial charge in [-0.2, -0.15) is 0 Å². The van der Waals surface area contributed by atoms with E-state index in [2.05, 4.69) is 26.1 Å². The molecule has 1 aromatic carbocycles. The molecule has 1 N–H and O–H groups in total. The quantitative estimate of drug-likeness (QED) is 0.910. The molecule has 20 heavy (non-hydrogen) atoms. The Morgan fingerprint density at radius 3 is 2.75 bits per heavy atom. The molecule has 3 atom stereocenters. The van der Waals surface area contributed by atoms with Crippen molar-refractivity contribution in [2.75, 3.05) is 6.54 Å². The molecular formula is C16H24ClNOS. The molecule has 1 aliphatic rings. The van der Waals surface area contributed by atoms with Crippen molar-refractivity contribution in [3.05, 3.63) is 29.3 Å². The summed E-state index contributed by atoms with van der Waals surface area (Å²) in [6, 6.07) is 7.84. The molecule has 0 radical (unpaired) electrons. The van der Waals surface area contributed by atoms with Gasteiger partial charge in [0, 0.05) is 6.04 Å². The zero-order valence-corrected chi connectivity index (χ0v) is 14.1. The Labute approximate surface area is 129 Å². The molecule has 0 aromatic heterocycles. The molecule has 2 rings (SSSR count). The normalized spacial score (nSPS) is 27.2. The van der Waals surface area contributed by atoms with Gasteiger partial charge in [0.2, 0.25) is 0 Å². The Kier molecular flexibility index (Phi) is 5.27. The summed E-state index contributed by atoms with van der Waals surface area (Å²) in [6.45, 7) is 7.56. The highest BCUT2D eigenvalue weighted by Crippen LogP contribution is 2.39. The van der Waals surface area contributed by atoms with E-state index in [1.807, 2.05) is 24.3 Å². The number of hydrogen-bond donors (Lipinski definition) is 1. The first-order chi connectivity index (χ1) is 9.44. The monoisotopic (exact) mass is 313 g/mol. The Bertz CT molecular complexity index is 489. The molecule has 1 aromatic rings. The maximum Gasteiger partial charge on any atom is 0.0592 e. The van der Waals surface area contributed by atoms with Crippen molar-refractivity contribution in [2.24, 2.45) is 5.41 Å². The van der Waals surface area contributed by atoms with E-state index in [0.29, 0.717) is 11.1 Å². The number of nitrogens with one attached hydrogen (secondary N) is 1. The van der Waals surface area contributed by atoms with Crippen molar-refractivity contribution in [1.29, 1.82) is 0 Å². The zero-order chi connectivity index (χ0) is 14.8. The first-order valence-electron chi connectivity index (χ1n) is 7.33. The van der Waals surface area contributed by atoms with Crippen LogP contribution in [0.25, 0.3) is 0 Å². The van der Waals surface area contributed by atoms with Gasteiger partial charge in [-0.3, -0.25) is 4.21 Å². The SMILES string of the molecule is CCNC1CCC(C)(C)CC1S(=O)c1ccccc1Cl. The van der Waals surface area contributed by atoms with Crippen LogP contribution in [0.1, 0.15) is 40.0 Å². The first-order valence-corrected chi connectivity index (χ1v) is 8.92. The molecule has 0 amide bonds. The van der Waals surface area contributed by atoms with E-state index < -0.39 is 10.8 Å². The fourth-order valence-corrected chi connectivity index (χ4v) is 5.31. The molecular weight excluding hydrogens is 290 g/mol. The second-order valence-corrected chi connectivity index (χ2v) is 8.38. The minimum atomic E-state index is -1.05. The summed E-state index contributed by atoms with van der Waals surface area (Å²) in [5.74, 6) is 0.